The van der Waals surface area contributed by atoms with Crippen LogP contribution in [0.25, 0.3) is 22.3 Å². The standard InChI is InChI=1S/C15H12FIN4O/c1-21-4-5-22-15-13(21)3-2-11(18-15)14-8-6-10(17)9(16)7-12(8)19-20-14/h2-3,6-7H,4-5H2,1H3,(H,19,20). The number of anilines is 1. The normalized spacial score (nSPS) is 14.0. The van der Waals surface area contributed by atoms with Gasteiger partial charge in [0.25, 0.3) is 0 Å². The number of aromatic amines is 1. The molecule has 0 fully saturated rings. The molecule has 1 aliphatic rings. The fourth-order valence-corrected chi connectivity index (χ4v) is 3.04. The molecule has 1 aliphatic heterocycles. The number of fused-ring (bicyclic) bond motifs is 2. The van der Waals surface area contributed by atoms with Crippen LogP contribution in [0.3, 0.4) is 0 Å². The van der Waals surface area contributed by atoms with Gasteiger partial charge in [0, 0.05) is 22.1 Å². The van der Waals surface area contributed by atoms with Gasteiger partial charge >= 0.3 is 0 Å². The van der Waals surface area contributed by atoms with E-state index in [4.69, 9.17) is 4.74 Å². The minimum atomic E-state index is -0.258. The molecule has 4 rings (SSSR count). The molecule has 0 spiro atoms. The van der Waals surface area contributed by atoms with E-state index in [-0.39, 0.29) is 5.82 Å². The lowest BCUT2D eigenvalue weighted by molar-refractivity contribution is 0.299. The highest BCUT2D eigenvalue weighted by Crippen LogP contribution is 2.33. The second-order valence-corrected chi connectivity index (χ2v) is 6.34. The smallest absolute Gasteiger partial charge is 0.238 e. The summed E-state index contributed by atoms with van der Waals surface area (Å²) in [6.07, 6.45) is 0. The van der Waals surface area contributed by atoms with Gasteiger partial charge in [-0.2, -0.15) is 5.10 Å². The van der Waals surface area contributed by atoms with E-state index in [2.05, 4.69) is 20.1 Å². The van der Waals surface area contributed by atoms with Gasteiger partial charge in [0.2, 0.25) is 5.88 Å². The van der Waals surface area contributed by atoms with E-state index in [0.29, 0.717) is 33.0 Å². The summed E-state index contributed by atoms with van der Waals surface area (Å²) < 4.78 is 19.8. The van der Waals surface area contributed by atoms with Crippen LogP contribution in [0.15, 0.2) is 24.3 Å². The van der Waals surface area contributed by atoms with E-state index in [1.165, 1.54) is 6.07 Å². The Morgan fingerprint density at radius 3 is 3.09 bits per heavy atom. The summed E-state index contributed by atoms with van der Waals surface area (Å²) in [6, 6.07) is 7.12. The maximum absolute atomic E-state index is 13.6. The van der Waals surface area contributed by atoms with Gasteiger partial charge in [-0.3, -0.25) is 5.10 Å². The van der Waals surface area contributed by atoms with Crippen LogP contribution >= 0.6 is 22.6 Å². The molecule has 3 heterocycles. The van der Waals surface area contributed by atoms with E-state index in [1.54, 1.807) is 6.07 Å². The van der Waals surface area contributed by atoms with Crippen molar-refractivity contribution in [3.8, 4) is 17.3 Å². The number of benzene rings is 1. The number of nitrogens with zero attached hydrogens (tertiary/aromatic N) is 3. The first-order valence-corrected chi connectivity index (χ1v) is 7.90. The molecular weight excluding hydrogens is 398 g/mol. The van der Waals surface area contributed by atoms with Crippen molar-refractivity contribution in [2.45, 2.75) is 0 Å². The molecule has 0 aliphatic carbocycles. The average Bonchev–Trinajstić information content (AvgIpc) is 2.90. The monoisotopic (exact) mass is 410 g/mol. The Bertz CT molecular complexity index is 879. The number of H-pyrrole nitrogens is 1. The molecule has 0 amide bonds. The van der Waals surface area contributed by atoms with Gasteiger partial charge in [0.15, 0.2) is 0 Å². The van der Waals surface area contributed by atoms with Crippen LogP contribution in [-0.2, 0) is 0 Å². The highest BCUT2D eigenvalue weighted by atomic mass is 127. The molecule has 0 atom stereocenters. The third kappa shape index (κ3) is 2.11. The Labute approximate surface area is 139 Å². The quantitative estimate of drug-likeness (QED) is 0.627. The Morgan fingerprint density at radius 1 is 1.36 bits per heavy atom. The van der Waals surface area contributed by atoms with Crippen molar-refractivity contribution < 1.29 is 9.13 Å². The number of pyridine rings is 1. The molecule has 2 aromatic heterocycles. The Morgan fingerprint density at radius 2 is 2.23 bits per heavy atom. The van der Waals surface area contributed by atoms with Gasteiger partial charge in [-0.25, -0.2) is 9.37 Å². The fourth-order valence-electron chi connectivity index (χ4n) is 2.57. The van der Waals surface area contributed by atoms with Gasteiger partial charge in [-0.1, -0.05) is 0 Å². The van der Waals surface area contributed by atoms with Crippen molar-refractivity contribution in [2.75, 3.05) is 25.1 Å². The largest absolute Gasteiger partial charge is 0.474 e. The fraction of sp³-hybridized carbons (Fsp3) is 0.200. The molecule has 1 aromatic carbocycles. The topological polar surface area (TPSA) is 54.0 Å². The lowest BCUT2D eigenvalue weighted by Crippen LogP contribution is -2.29. The number of hydrogen-bond donors (Lipinski definition) is 1. The first-order chi connectivity index (χ1) is 10.6. The highest BCUT2D eigenvalue weighted by molar-refractivity contribution is 14.1. The van der Waals surface area contributed by atoms with Crippen LogP contribution in [-0.4, -0.2) is 35.4 Å². The number of halogens is 2. The Balaban J connectivity index is 1.87. The van der Waals surface area contributed by atoms with Crippen LogP contribution in [0.1, 0.15) is 0 Å². The maximum Gasteiger partial charge on any atom is 0.238 e. The Hall–Kier alpha value is -1.90. The number of rotatable bonds is 1. The summed E-state index contributed by atoms with van der Waals surface area (Å²) in [6.45, 7) is 1.46. The van der Waals surface area contributed by atoms with Crippen LogP contribution in [0.2, 0.25) is 0 Å². The minimum Gasteiger partial charge on any atom is -0.474 e. The number of hydrogen-bond acceptors (Lipinski definition) is 4. The van der Waals surface area contributed by atoms with Gasteiger partial charge < -0.3 is 9.64 Å². The van der Waals surface area contributed by atoms with Crippen molar-refractivity contribution in [1.29, 1.82) is 0 Å². The molecule has 3 aromatic rings. The van der Waals surface area contributed by atoms with Crippen molar-refractivity contribution in [3.05, 3.63) is 33.7 Å². The lowest BCUT2D eigenvalue weighted by Gasteiger charge is -2.26. The minimum absolute atomic E-state index is 0.258. The number of ether oxygens (including phenoxy) is 1. The second kappa shape index (κ2) is 5.08. The van der Waals surface area contributed by atoms with E-state index in [1.807, 2.05) is 41.8 Å². The molecule has 5 nitrogen and oxygen atoms in total. The maximum atomic E-state index is 13.6. The van der Waals surface area contributed by atoms with E-state index < -0.39 is 0 Å². The lowest BCUT2D eigenvalue weighted by atomic mass is 10.1. The van der Waals surface area contributed by atoms with Gasteiger partial charge in [-0.05, 0) is 40.8 Å². The van der Waals surface area contributed by atoms with Crippen molar-refractivity contribution >= 4 is 39.2 Å². The first-order valence-electron chi connectivity index (χ1n) is 6.82. The van der Waals surface area contributed by atoms with E-state index in [9.17, 15) is 4.39 Å². The van der Waals surface area contributed by atoms with Crippen LogP contribution in [0.5, 0.6) is 5.88 Å². The summed E-state index contributed by atoms with van der Waals surface area (Å²) in [7, 11) is 2.01. The SMILES string of the molecule is CN1CCOc2nc(-c3n[nH]c4cc(F)c(I)cc34)ccc21. The molecule has 112 valence electrons. The zero-order valence-electron chi connectivity index (χ0n) is 11.7. The van der Waals surface area contributed by atoms with E-state index in [0.717, 1.165) is 17.6 Å². The summed E-state index contributed by atoms with van der Waals surface area (Å²) in [5.41, 5.74) is 3.04. The van der Waals surface area contributed by atoms with Crippen LogP contribution in [0.4, 0.5) is 10.1 Å². The molecule has 1 N–H and O–H groups in total. The highest BCUT2D eigenvalue weighted by Gasteiger charge is 2.19. The van der Waals surface area contributed by atoms with Crippen molar-refractivity contribution in [1.82, 2.24) is 15.2 Å². The molecule has 0 bridgehead atoms. The predicted molar refractivity (Wildman–Crippen MR) is 90.8 cm³/mol. The van der Waals surface area contributed by atoms with Crippen LogP contribution in [0, 0.1) is 9.39 Å². The molecule has 0 radical (unpaired) electrons. The molecule has 7 heteroatoms. The summed E-state index contributed by atoms with van der Waals surface area (Å²) in [4.78, 5) is 6.67. The van der Waals surface area contributed by atoms with Crippen LogP contribution < -0.4 is 9.64 Å². The van der Waals surface area contributed by atoms with Crippen molar-refractivity contribution in [3.63, 3.8) is 0 Å². The van der Waals surface area contributed by atoms with E-state index >= 15 is 0 Å². The predicted octanol–water partition coefficient (Wildman–Crippen LogP) is 3.20. The van der Waals surface area contributed by atoms with Gasteiger partial charge in [-0.15, -0.1) is 0 Å². The number of nitrogens with one attached hydrogen (secondary N) is 1. The van der Waals surface area contributed by atoms with Gasteiger partial charge in [0.05, 0.1) is 23.4 Å². The Kier molecular flexibility index (Phi) is 3.17. The molecule has 0 unspecified atom stereocenters. The molecule has 0 saturated heterocycles. The zero-order valence-corrected chi connectivity index (χ0v) is 13.9. The first kappa shape index (κ1) is 13.7. The molecule has 0 saturated carbocycles. The summed E-state index contributed by atoms with van der Waals surface area (Å²) in [5, 5.41) is 8.00. The zero-order chi connectivity index (χ0) is 15.3. The average molecular weight is 410 g/mol. The van der Waals surface area contributed by atoms with Crippen molar-refractivity contribution in [2.24, 2.45) is 0 Å². The van der Waals surface area contributed by atoms with Gasteiger partial charge in [0.1, 0.15) is 18.1 Å². The third-order valence-corrected chi connectivity index (χ3v) is 4.59. The summed E-state index contributed by atoms with van der Waals surface area (Å²) in [5.74, 6) is 0.353. The third-order valence-electron chi connectivity index (χ3n) is 3.76. The number of aromatic nitrogens is 3. The molecule has 22 heavy (non-hydrogen) atoms. The summed E-state index contributed by atoms with van der Waals surface area (Å²) >= 11 is 1.97. The number of likely N-dealkylation sites (N-methyl/N-ethyl adjacent to an activating group) is 1. The second-order valence-electron chi connectivity index (χ2n) is 5.17. The molecular formula is C15H12FIN4O.